The molecule has 1 aliphatic heterocycles. The Morgan fingerprint density at radius 3 is 2.90 bits per heavy atom. The minimum Gasteiger partial charge on any atom is -0.122 e. The molecule has 1 aliphatic carbocycles. The Morgan fingerprint density at radius 2 is 2.10 bits per heavy atom. The predicted octanol–water partition coefficient (Wildman–Crippen LogP) is 2.73. The first-order valence-electron chi connectivity index (χ1n) is 4.58. The molecule has 0 aromatic rings. The molecule has 10 heavy (non-hydrogen) atoms. The molecular weight excluding hydrogens is 139 g/mol. The average Bonchev–Trinajstić information content (AvgIpc) is 2.36. The fourth-order valence-electron chi connectivity index (χ4n) is 2.65. The van der Waals surface area contributed by atoms with Gasteiger partial charge in [0.1, 0.15) is 0 Å². The van der Waals surface area contributed by atoms with Crippen LogP contribution in [-0.2, 0) is 0 Å². The van der Waals surface area contributed by atoms with Gasteiger partial charge in [-0.05, 0) is 36.5 Å². The highest BCUT2D eigenvalue weighted by molar-refractivity contribution is 7.38. The maximum Gasteiger partial charge on any atom is -0.0320 e. The quantitative estimate of drug-likeness (QED) is 0.473. The molecule has 1 saturated carbocycles. The molecule has 4 unspecified atom stereocenters. The summed E-state index contributed by atoms with van der Waals surface area (Å²) >= 11 is 0. The van der Waals surface area contributed by atoms with Crippen molar-refractivity contribution in [3.63, 3.8) is 0 Å². The van der Waals surface area contributed by atoms with Crippen LogP contribution >= 0.6 is 8.58 Å². The molecule has 0 aromatic heterocycles. The van der Waals surface area contributed by atoms with Crippen molar-refractivity contribution in [2.75, 3.05) is 12.3 Å². The largest absolute Gasteiger partial charge is 0.122 e. The number of rotatable bonds is 0. The van der Waals surface area contributed by atoms with Crippen LogP contribution in [0, 0.1) is 17.8 Å². The van der Waals surface area contributed by atoms with Gasteiger partial charge in [-0.1, -0.05) is 19.8 Å². The molecule has 0 radical (unpaired) electrons. The molecule has 1 heteroatoms. The highest BCUT2D eigenvalue weighted by atomic mass is 31.1. The summed E-state index contributed by atoms with van der Waals surface area (Å²) in [6.45, 7) is 2.46. The van der Waals surface area contributed by atoms with Gasteiger partial charge in [0.2, 0.25) is 0 Å². The van der Waals surface area contributed by atoms with Crippen LogP contribution in [0.2, 0.25) is 0 Å². The molecule has 1 saturated heterocycles. The second kappa shape index (κ2) is 2.81. The summed E-state index contributed by atoms with van der Waals surface area (Å²) in [6, 6.07) is 0. The fourth-order valence-corrected chi connectivity index (χ4v) is 4.76. The van der Waals surface area contributed by atoms with E-state index in [4.69, 9.17) is 0 Å². The maximum atomic E-state index is 2.46. The van der Waals surface area contributed by atoms with Gasteiger partial charge in [-0.3, -0.25) is 0 Å². The van der Waals surface area contributed by atoms with Crippen LogP contribution in [0.25, 0.3) is 0 Å². The molecule has 1 heterocycles. The second-order valence-corrected chi connectivity index (χ2v) is 5.31. The highest BCUT2D eigenvalue weighted by Gasteiger charge is 2.33. The van der Waals surface area contributed by atoms with E-state index >= 15 is 0 Å². The van der Waals surface area contributed by atoms with Gasteiger partial charge >= 0.3 is 0 Å². The Kier molecular flexibility index (Phi) is 2.00. The molecular formula is C9H17P. The number of hydrogen-bond donors (Lipinski definition) is 0. The van der Waals surface area contributed by atoms with Crippen LogP contribution in [0.1, 0.15) is 26.2 Å². The van der Waals surface area contributed by atoms with Crippen molar-refractivity contribution in [1.29, 1.82) is 0 Å². The van der Waals surface area contributed by atoms with Crippen LogP contribution < -0.4 is 0 Å². The van der Waals surface area contributed by atoms with Gasteiger partial charge in [0, 0.05) is 0 Å². The van der Waals surface area contributed by atoms with Crippen molar-refractivity contribution in [3.8, 4) is 0 Å². The summed E-state index contributed by atoms with van der Waals surface area (Å²) in [7, 11) is 1.31. The van der Waals surface area contributed by atoms with Crippen molar-refractivity contribution >= 4 is 8.58 Å². The Hall–Kier alpha value is 0.430. The molecule has 0 nitrogen and oxygen atoms in total. The fraction of sp³-hybridized carbons (Fsp3) is 1.00. The minimum atomic E-state index is 1.06. The normalized spacial score (nSPS) is 49.5. The third-order valence-corrected chi connectivity index (χ3v) is 4.93. The zero-order valence-electron chi connectivity index (χ0n) is 6.77. The molecule has 4 atom stereocenters. The van der Waals surface area contributed by atoms with Crippen molar-refractivity contribution in [2.45, 2.75) is 26.2 Å². The van der Waals surface area contributed by atoms with Crippen molar-refractivity contribution in [3.05, 3.63) is 0 Å². The average molecular weight is 156 g/mol. The van der Waals surface area contributed by atoms with Crippen LogP contribution in [0.15, 0.2) is 0 Å². The molecule has 0 amide bonds. The van der Waals surface area contributed by atoms with E-state index in [2.05, 4.69) is 6.92 Å². The Morgan fingerprint density at radius 1 is 1.20 bits per heavy atom. The van der Waals surface area contributed by atoms with Crippen molar-refractivity contribution in [2.24, 2.45) is 17.8 Å². The third kappa shape index (κ3) is 1.11. The molecule has 0 N–H and O–H groups in total. The van der Waals surface area contributed by atoms with Gasteiger partial charge in [0.25, 0.3) is 0 Å². The monoisotopic (exact) mass is 156 g/mol. The SMILES string of the molecule is CC1CCCC2CPCC12. The lowest BCUT2D eigenvalue weighted by atomic mass is 9.75. The zero-order chi connectivity index (χ0) is 6.97. The van der Waals surface area contributed by atoms with E-state index in [-0.39, 0.29) is 0 Å². The molecule has 0 bridgehead atoms. The van der Waals surface area contributed by atoms with Gasteiger partial charge < -0.3 is 0 Å². The van der Waals surface area contributed by atoms with Crippen LogP contribution in [0.3, 0.4) is 0 Å². The Balaban J connectivity index is 2.03. The molecule has 58 valence electrons. The number of hydrogen-bond acceptors (Lipinski definition) is 0. The van der Waals surface area contributed by atoms with Crippen LogP contribution in [0.5, 0.6) is 0 Å². The summed E-state index contributed by atoms with van der Waals surface area (Å²) in [5.74, 6) is 3.36. The molecule has 0 aromatic carbocycles. The van der Waals surface area contributed by atoms with E-state index in [0.717, 1.165) is 17.8 Å². The summed E-state index contributed by atoms with van der Waals surface area (Å²) in [4.78, 5) is 0. The van der Waals surface area contributed by atoms with E-state index in [1.54, 1.807) is 18.7 Å². The van der Waals surface area contributed by atoms with Gasteiger partial charge in [0.05, 0.1) is 0 Å². The molecule has 2 fully saturated rings. The molecule has 2 aliphatic rings. The van der Waals surface area contributed by atoms with E-state index in [1.165, 1.54) is 21.4 Å². The highest BCUT2D eigenvalue weighted by Crippen LogP contribution is 2.45. The van der Waals surface area contributed by atoms with E-state index in [1.807, 2.05) is 0 Å². The van der Waals surface area contributed by atoms with Gasteiger partial charge in [0.15, 0.2) is 0 Å². The second-order valence-electron chi connectivity index (χ2n) is 3.99. The summed E-state index contributed by atoms with van der Waals surface area (Å²) in [5.41, 5.74) is 0. The first-order valence-corrected chi connectivity index (χ1v) is 6.00. The third-order valence-electron chi connectivity index (χ3n) is 3.36. The van der Waals surface area contributed by atoms with Crippen LogP contribution in [-0.4, -0.2) is 12.3 Å². The lowest BCUT2D eigenvalue weighted by Crippen LogP contribution is -2.24. The molecule has 0 spiro atoms. The molecule has 2 rings (SSSR count). The first-order chi connectivity index (χ1) is 4.88. The van der Waals surface area contributed by atoms with Crippen LogP contribution in [0.4, 0.5) is 0 Å². The lowest BCUT2D eigenvalue weighted by Gasteiger charge is -2.30. The maximum absolute atomic E-state index is 2.46. The first kappa shape index (κ1) is 7.10. The lowest BCUT2D eigenvalue weighted by molar-refractivity contribution is 0.216. The number of fused-ring (bicyclic) bond motifs is 1. The standard InChI is InChI=1S/C9H17P/c1-7-3-2-4-8-5-10-6-9(7)8/h7-10H,2-6H2,1H3. The minimum absolute atomic E-state index is 1.06. The van der Waals surface area contributed by atoms with Crippen molar-refractivity contribution < 1.29 is 0 Å². The van der Waals surface area contributed by atoms with Gasteiger partial charge in [-0.2, -0.15) is 0 Å². The van der Waals surface area contributed by atoms with Crippen molar-refractivity contribution in [1.82, 2.24) is 0 Å². The van der Waals surface area contributed by atoms with E-state index in [9.17, 15) is 0 Å². The summed E-state index contributed by atoms with van der Waals surface area (Å²) < 4.78 is 0. The Bertz CT molecular complexity index is 122. The summed E-state index contributed by atoms with van der Waals surface area (Å²) in [5, 5.41) is 0. The predicted molar refractivity (Wildman–Crippen MR) is 48.0 cm³/mol. The Labute approximate surface area is 65.6 Å². The summed E-state index contributed by atoms with van der Waals surface area (Å²) in [6.07, 6.45) is 7.75. The van der Waals surface area contributed by atoms with Gasteiger partial charge in [-0.15, -0.1) is 8.58 Å². The smallest absolute Gasteiger partial charge is 0.0320 e. The van der Waals surface area contributed by atoms with E-state index < -0.39 is 0 Å². The topological polar surface area (TPSA) is 0 Å². The van der Waals surface area contributed by atoms with Gasteiger partial charge in [-0.25, -0.2) is 0 Å². The zero-order valence-corrected chi connectivity index (χ0v) is 7.77. The van der Waals surface area contributed by atoms with E-state index in [0.29, 0.717) is 0 Å².